The number of thiazole rings is 1. The van der Waals surface area contributed by atoms with Crippen LogP contribution in [0.5, 0.6) is 0 Å². The van der Waals surface area contributed by atoms with E-state index in [0.29, 0.717) is 5.92 Å². The van der Waals surface area contributed by atoms with Crippen molar-refractivity contribution < 1.29 is 0 Å². The van der Waals surface area contributed by atoms with Crippen LogP contribution in [0.15, 0.2) is 10.4 Å². The molecule has 0 radical (unpaired) electrons. The molecule has 4 heteroatoms. The fraction of sp³-hybridized carbons (Fsp3) is 0.600. The van der Waals surface area contributed by atoms with Gasteiger partial charge in [-0.2, -0.15) is 0 Å². The monoisotopic (exact) mass is 211 g/mol. The Morgan fingerprint density at radius 2 is 2.36 bits per heavy atom. The van der Waals surface area contributed by atoms with Crippen LogP contribution in [0.3, 0.4) is 0 Å². The molecule has 0 unspecified atom stereocenters. The van der Waals surface area contributed by atoms with E-state index in [1.165, 1.54) is 0 Å². The molecule has 0 bridgehead atoms. The molecule has 0 aliphatic carbocycles. The average Bonchev–Trinajstić information content (AvgIpc) is 2.51. The second kappa shape index (κ2) is 5.10. The molecule has 0 spiro atoms. The Kier molecular flexibility index (Phi) is 4.07. The Bertz CT molecular complexity index is 315. The van der Waals surface area contributed by atoms with Gasteiger partial charge in [0.05, 0.1) is 10.8 Å². The van der Waals surface area contributed by atoms with Crippen molar-refractivity contribution >= 4 is 17.2 Å². The Hall–Kier alpha value is -0.900. The van der Waals surface area contributed by atoms with Gasteiger partial charge in [-0.25, -0.2) is 4.98 Å². The van der Waals surface area contributed by atoms with Gasteiger partial charge in [-0.1, -0.05) is 13.8 Å². The van der Waals surface area contributed by atoms with E-state index >= 15 is 0 Å². The van der Waals surface area contributed by atoms with Gasteiger partial charge in [0, 0.05) is 30.0 Å². The van der Waals surface area contributed by atoms with E-state index in [0.717, 1.165) is 29.5 Å². The first-order valence-electron chi connectivity index (χ1n) is 4.80. The molecule has 1 rings (SSSR count). The lowest BCUT2D eigenvalue weighted by Gasteiger charge is -2.02. The molecule has 0 aromatic carbocycles. The lowest BCUT2D eigenvalue weighted by Crippen LogP contribution is -2.19. The van der Waals surface area contributed by atoms with Crippen LogP contribution in [-0.2, 0) is 6.42 Å². The molecule has 1 aromatic heterocycles. The van der Waals surface area contributed by atoms with Crippen LogP contribution in [0, 0.1) is 12.8 Å². The van der Waals surface area contributed by atoms with Gasteiger partial charge in [-0.15, -0.1) is 11.3 Å². The molecular weight excluding hydrogens is 194 g/mol. The largest absolute Gasteiger partial charge is 0.387 e. The molecule has 1 heterocycles. The first kappa shape index (κ1) is 11.2. The van der Waals surface area contributed by atoms with Crippen molar-refractivity contribution in [3.8, 4) is 0 Å². The van der Waals surface area contributed by atoms with E-state index in [1.807, 2.05) is 20.8 Å². The van der Waals surface area contributed by atoms with E-state index in [2.05, 4.69) is 15.4 Å². The fourth-order valence-electron chi connectivity index (χ4n) is 0.981. The number of nitrogens with zero attached hydrogens (tertiary/aromatic N) is 2. The van der Waals surface area contributed by atoms with Crippen LogP contribution in [0.4, 0.5) is 0 Å². The third-order valence-corrected chi connectivity index (χ3v) is 2.90. The zero-order chi connectivity index (χ0) is 10.6. The number of rotatable bonds is 4. The smallest absolute Gasteiger partial charge is 0.0962 e. The normalized spacial score (nSPS) is 12.4. The molecule has 2 N–H and O–H groups in total. The zero-order valence-electron chi connectivity index (χ0n) is 8.95. The Morgan fingerprint density at radius 1 is 1.64 bits per heavy atom. The van der Waals surface area contributed by atoms with E-state index in [-0.39, 0.29) is 0 Å². The maximum Gasteiger partial charge on any atom is 0.0962 e. The predicted octanol–water partition coefficient (Wildman–Crippen LogP) is 2.01. The highest BCUT2D eigenvalue weighted by Gasteiger charge is 2.00. The molecule has 0 saturated heterocycles. The van der Waals surface area contributed by atoms with E-state index in [9.17, 15) is 0 Å². The molecule has 3 nitrogen and oxygen atoms in total. The van der Waals surface area contributed by atoms with Gasteiger partial charge in [-0.3, -0.25) is 4.99 Å². The molecule has 78 valence electrons. The first-order valence-corrected chi connectivity index (χ1v) is 5.68. The fourth-order valence-corrected chi connectivity index (χ4v) is 1.75. The van der Waals surface area contributed by atoms with Crippen molar-refractivity contribution in [1.29, 1.82) is 0 Å². The first-order chi connectivity index (χ1) is 6.59. The van der Waals surface area contributed by atoms with Crippen LogP contribution in [0.1, 0.15) is 24.5 Å². The molecule has 0 aliphatic heterocycles. The summed E-state index contributed by atoms with van der Waals surface area (Å²) in [5.41, 5.74) is 6.81. The SMILES string of the molecule is Cc1csc(CCN=C(N)C(C)C)n1. The number of hydrogen-bond acceptors (Lipinski definition) is 3. The summed E-state index contributed by atoms with van der Waals surface area (Å²) in [6.07, 6.45) is 0.895. The van der Waals surface area contributed by atoms with Crippen LogP contribution >= 0.6 is 11.3 Å². The second-order valence-electron chi connectivity index (χ2n) is 3.59. The van der Waals surface area contributed by atoms with Crippen LogP contribution in [0.2, 0.25) is 0 Å². The van der Waals surface area contributed by atoms with Crippen molar-refractivity contribution in [3.05, 3.63) is 16.1 Å². The van der Waals surface area contributed by atoms with Gasteiger partial charge >= 0.3 is 0 Å². The molecule has 1 aromatic rings. The minimum atomic E-state index is 0.341. The van der Waals surface area contributed by atoms with Crippen LogP contribution < -0.4 is 5.73 Å². The lowest BCUT2D eigenvalue weighted by molar-refractivity contribution is 0.846. The van der Waals surface area contributed by atoms with Gasteiger partial charge in [0.1, 0.15) is 0 Å². The summed E-state index contributed by atoms with van der Waals surface area (Å²) in [5.74, 6) is 1.08. The van der Waals surface area contributed by atoms with Crippen molar-refractivity contribution in [2.45, 2.75) is 27.2 Å². The van der Waals surface area contributed by atoms with Crippen molar-refractivity contribution in [2.24, 2.45) is 16.6 Å². The highest BCUT2D eigenvalue weighted by Crippen LogP contribution is 2.09. The van der Waals surface area contributed by atoms with Crippen LogP contribution in [-0.4, -0.2) is 17.4 Å². The predicted molar refractivity (Wildman–Crippen MR) is 61.9 cm³/mol. The molecular formula is C10H17N3S. The van der Waals surface area contributed by atoms with E-state index in [1.54, 1.807) is 11.3 Å². The molecule has 0 saturated carbocycles. The van der Waals surface area contributed by atoms with E-state index < -0.39 is 0 Å². The molecule has 0 aliphatic rings. The second-order valence-corrected chi connectivity index (χ2v) is 4.54. The topological polar surface area (TPSA) is 51.3 Å². The maximum atomic E-state index is 5.72. The Labute approximate surface area is 89.1 Å². The molecule has 0 fully saturated rings. The van der Waals surface area contributed by atoms with E-state index in [4.69, 9.17) is 5.73 Å². The third-order valence-electron chi connectivity index (χ3n) is 1.88. The number of aliphatic imine (C=N–C) groups is 1. The van der Waals surface area contributed by atoms with Crippen molar-refractivity contribution in [1.82, 2.24) is 4.98 Å². The highest BCUT2D eigenvalue weighted by molar-refractivity contribution is 7.09. The summed E-state index contributed by atoms with van der Waals surface area (Å²) in [7, 11) is 0. The number of hydrogen-bond donors (Lipinski definition) is 1. The number of amidine groups is 1. The summed E-state index contributed by atoms with van der Waals surface area (Å²) in [6, 6.07) is 0. The van der Waals surface area contributed by atoms with Gasteiger partial charge in [0.25, 0.3) is 0 Å². The summed E-state index contributed by atoms with van der Waals surface area (Å²) in [5, 5.41) is 3.20. The summed E-state index contributed by atoms with van der Waals surface area (Å²) >= 11 is 1.69. The summed E-state index contributed by atoms with van der Waals surface area (Å²) < 4.78 is 0. The van der Waals surface area contributed by atoms with Crippen molar-refractivity contribution in [2.75, 3.05) is 6.54 Å². The molecule has 0 amide bonds. The highest BCUT2D eigenvalue weighted by atomic mass is 32.1. The Balaban J connectivity index is 2.38. The molecule has 0 atom stereocenters. The van der Waals surface area contributed by atoms with Crippen LogP contribution in [0.25, 0.3) is 0 Å². The van der Waals surface area contributed by atoms with Gasteiger partial charge in [0.2, 0.25) is 0 Å². The van der Waals surface area contributed by atoms with Gasteiger partial charge in [0.15, 0.2) is 0 Å². The summed E-state index contributed by atoms with van der Waals surface area (Å²) in [4.78, 5) is 8.65. The minimum Gasteiger partial charge on any atom is -0.387 e. The average molecular weight is 211 g/mol. The zero-order valence-corrected chi connectivity index (χ0v) is 9.77. The quantitative estimate of drug-likeness (QED) is 0.612. The number of nitrogens with two attached hydrogens (primary N) is 1. The van der Waals surface area contributed by atoms with Gasteiger partial charge < -0.3 is 5.73 Å². The third kappa shape index (κ3) is 3.46. The minimum absolute atomic E-state index is 0.341. The number of aromatic nitrogens is 1. The summed E-state index contributed by atoms with van der Waals surface area (Å²) in [6.45, 7) is 6.85. The maximum absolute atomic E-state index is 5.72. The van der Waals surface area contributed by atoms with Gasteiger partial charge in [-0.05, 0) is 6.92 Å². The Morgan fingerprint density at radius 3 is 2.86 bits per heavy atom. The molecule has 14 heavy (non-hydrogen) atoms. The number of aryl methyl sites for hydroxylation is 1. The van der Waals surface area contributed by atoms with Crippen molar-refractivity contribution in [3.63, 3.8) is 0 Å². The standard InChI is InChI=1S/C10H17N3S/c1-7(2)10(11)12-5-4-9-13-8(3)6-14-9/h6-7H,4-5H2,1-3H3,(H2,11,12). The lowest BCUT2D eigenvalue weighted by atomic mass is 10.2.